The van der Waals surface area contributed by atoms with Crippen molar-refractivity contribution in [3.05, 3.63) is 65.7 Å². The van der Waals surface area contributed by atoms with Gasteiger partial charge in [-0.25, -0.2) is 0 Å². The maximum Gasteiger partial charge on any atom is 0.254 e. The number of hydrogen-bond donors (Lipinski definition) is 1. The van der Waals surface area contributed by atoms with Gasteiger partial charge in [0.25, 0.3) is 5.91 Å². The third kappa shape index (κ3) is 3.93. The van der Waals surface area contributed by atoms with Crippen molar-refractivity contribution in [2.75, 3.05) is 26.2 Å². The lowest BCUT2D eigenvalue weighted by Gasteiger charge is -2.30. The quantitative estimate of drug-likeness (QED) is 0.826. The lowest BCUT2D eigenvalue weighted by Crippen LogP contribution is -2.40. The third-order valence-electron chi connectivity index (χ3n) is 6.70. The van der Waals surface area contributed by atoms with E-state index in [4.69, 9.17) is 0 Å². The maximum absolute atomic E-state index is 13.1. The van der Waals surface area contributed by atoms with Crippen molar-refractivity contribution in [3.63, 3.8) is 0 Å². The summed E-state index contributed by atoms with van der Waals surface area (Å²) in [6.45, 7) is 6.64. The number of benzene rings is 2. The number of hydrogen-bond acceptors (Lipinski definition) is 3. The highest BCUT2D eigenvalue weighted by Crippen LogP contribution is 2.46. The van der Waals surface area contributed by atoms with Crippen molar-refractivity contribution < 1.29 is 14.7 Å². The largest absolute Gasteiger partial charge is 0.508 e. The molecule has 0 spiro atoms. The Hall–Kier alpha value is -2.82. The van der Waals surface area contributed by atoms with Gasteiger partial charge in [-0.1, -0.05) is 50.2 Å². The van der Waals surface area contributed by atoms with Gasteiger partial charge in [0.2, 0.25) is 5.91 Å². The second-order valence-electron chi connectivity index (χ2n) is 9.15. The summed E-state index contributed by atoms with van der Waals surface area (Å²) in [6, 6.07) is 17.0. The molecule has 0 bridgehead atoms. The number of aryl methyl sites for hydroxylation is 1. The summed E-state index contributed by atoms with van der Waals surface area (Å²) in [7, 11) is 0. The second-order valence-corrected chi connectivity index (χ2v) is 9.15. The predicted octanol–water partition coefficient (Wildman–Crippen LogP) is 3.58. The molecule has 0 saturated carbocycles. The van der Waals surface area contributed by atoms with Crippen LogP contribution in [-0.2, 0) is 11.2 Å². The Morgan fingerprint density at radius 2 is 1.73 bits per heavy atom. The van der Waals surface area contributed by atoms with E-state index in [2.05, 4.69) is 24.3 Å². The van der Waals surface area contributed by atoms with Crippen LogP contribution in [0.4, 0.5) is 0 Å². The molecule has 2 fully saturated rings. The molecule has 2 atom stereocenters. The fourth-order valence-electron chi connectivity index (χ4n) is 5.08. The highest BCUT2D eigenvalue weighted by molar-refractivity contribution is 5.95. The van der Waals surface area contributed by atoms with Gasteiger partial charge < -0.3 is 14.9 Å². The van der Waals surface area contributed by atoms with Gasteiger partial charge in [0.1, 0.15) is 5.75 Å². The van der Waals surface area contributed by atoms with Crippen LogP contribution >= 0.6 is 0 Å². The lowest BCUT2D eigenvalue weighted by molar-refractivity contribution is -0.134. The van der Waals surface area contributed by atoms with Crippen LogP contribution in [0.1, 0.15) is 36.2 Å². The van der Waals surface area contributed by atoms with Crippen LogP contribution in [0.2, 0.25) is 0 Å². The lowest BCUT2D eigenvalue weighted by atomic mass is 9.76. The average Bonchev–Trinajstić information content (AvgIpc) is 3.26. The van der Waals surface area contributed by atoms with Gasteiger partial charge in [0, 0.05) is 49.0 Å². The Kier molecular flexibility index (Phi) is 5.54. The summed E-state index contributed by atoms with van der Waals surface area (Å²) in [4.78, 5) is 29.7. The molecular formula is C25H30N2O3. The molecule has 0 aromatic heterocycles. The van der Waals surface area contributed by atoms with Crippen molar-refractivity contribution in [2.24, 2.45) is 17.3 Å². The summed E-state index contributed by atoms with van der Waals surface area (Å²) in [5.41, 5.74) is 1.73. The van der Waals surface area contributed by atoms with Gasteiger partial charge in [-0.05, 0) is 36.6 Å². The molecule has 2 aromatic rings. The predicted molar refractivity (Wildman–Crippen MR) is 116 cm³/mol. The van der Waals surface area contributed by atoms with Crippen molar-refractivity contribution in [2.45, 2.75) is 26.7 Å². The van der Waals surface area contributed by atoms with E-state index in [9.17, 15) is 14.7 Å². The molecule has 2 aromatic carbocycles. The molecule has 0 radical (unpaired) electrons. The van der Waals surface area contributed by atoms with Crippen LogP contribution in [0.15, 0.2) is 54.6 Å². The molecule has 2 amide bonds. The van der Waals surface area contributed by atoms with E-state index in [1.807, 2.05) is 29.7 Å². The summed E-state index contributed by atoms with van der Waals surface area (Å²) in [5.74, 6) is 0.536. The Morgan fingerprint density at radius 3 is 2.43 bits per heavy atom. The first kappa shape index (κ1) is 20.5. The maximum atomic E-state index is 13.1. The molecule has 0 aliphatic carbocycles. The Morgan fingerprint density at radius 1 is 1.03 bits per heavy atom. The van der Waals surface area contributed by atoms with E-state index in [1.54, 1.807) is 18.2 Å². The molecule has 5 heteroatoms. The number of rotatable bonds is 5. The number of amides is 2. The molecule has 0 unspecified atom stereocenters. The zero-order valence-corrected chi connectivity index (χ0v) is 17.8. The topological polar surface area (TPSA) is 60.9 Å². The van der Waals surface area contributed by atoms with Crippen LogP contribution in [0.3, 0.4) is 0 Å². The molecule has 4 rings (SSSR count). The Bertz CT molecular complexity index is 927. The number of aromatic hydroxyl groups is 1. The van der Waals surface area contributed by atoms with Crippen LogP contribution in [-0.4, -0.2) is 52.9 Å². The summed E-state index contributed by atoms with van der Waals surface area (Å²) >= 11 is 0. The SMILES string of the molecule is CC(C)C(=O)N1C[C@@H]2CN(C(=O)c3cccc(O)c3)C[C@]2(CCc2ccccc2)C1. The van der Waals surface area contributed by atoms with Gasteiger partial charge in [-0.15, -0.1) is 0 Å². The average molecular weight is 407 g/mol. The molecule has 158 valence electrons. The van der Waals surface area contributed by atoms with E-state index in [1.165, 1.54) is 11.6 Å². The number of phenolic OH excluding ortho intramolecular Hbond substituents is 1. The van der Waals surface area contributed by atoms with E-state index in [0.29, 0.717) is 25.2 Å². The van der Waals surface area contributed by atoms with E-state index >= 15 is 0 Å². The first-order chi connectivity index (χ1) is 14.4. The number of nitrogens with zero attached hydrogens (tertiary/aromatic N) is 2. The molecule has 1 N–H and O–H groups in total. The highest BCUT2D eigenvalue weighted by atomic mass is 16.3. The molecule has 5 nitrogen and oxygen atoms in total. The molecule has 2 heterocycles. The Labute approximate surface area is 178 Å². The molecule has 30 heavy (non-hydrogen) atoms. The van der Waals surface area contributed by atoms with Crippen LogP contribution in [0.25, 0.3) is 0 Å². The fraction of sp³-hybridized carbons (Fsp3) is 0.440. The first-order valence-electron chi connectivity index (χ1n) is 10.8. The van der Waals surface area contributed by atoms with E-state index in [-0.39, 0.29) is 34.8 Å². The summed E-state index contributed by atoms with van der Waals surface area (Å²) < 4.78 is 0. The summed E-state index contributed by atoms with van der Waals surface area (Å²) in [5, 5.41) is 9.76. The number of fused-ring (bicyclic) bond motifs is 1. The number of likely N-dealkylation sites (tertiary alicyclic amines) is 2. The van der Waals surface area contributed by atoms with Crippen molar-refractivity contribution in [3.8, 4) is 5.75 Å². The fourth-order valence-corrected chi connectivity index (χ4v) is 5.08. The minimum Gasteiger partial charge on any atom is -0.508 e. The Balaban J connectivity index is 1.55. The first-order valence-corrected chi connectivity index (χ1v) is 10.8. The minimum atomic E-state index is -0.0765. The van der Waals surface area contributed by atoms with Crippen molar-refractivity contribution >= 4 is 11.8 Å². The smallest absolute Gasteiger partial charge is 0.254 e. The van der Waals surface area contributed by atoms with E-state index in [0.717, 1.165) is 19.4 Å². The number of carbonyl (C=O) groups is 2. The summed E-state index contributed by atoms with van der Waals surface area (Å²) in [6.07, 6.45) is 1.89. The van der Waals surface area contributed by atoms with Crippen LogP contribution in [0.5, 0.6) is 5.75 Å². The zero-order chi connectivity index (χ0) is 21.3. The molecule has 2 aliphatic heterocycles. The number of carbonyl (C=O) groups excluding carboxylic acids is 2. The van der Waals surface area contributed by atoms with Crippen molar-refractivity contribution in [1.29, 1.82) is 0 Å². The monoisotopic (exact) mass is 406 g/mol. The molecule has 2 saturated heterocycles. The van der Waals surface area contributed by atoms with E-state index < -0.39 is 0 Å². The second kappa shape index (κ2) is 8.13. The van der Waals surface area contributed by atoms with Gasteiger partial charge in [-0.2, -0.15) is 0 Å². The van der Waals surface area contributed by atoms with Gasteiger partial charge >= 0.3 is 0 Å². The van der Waals surface area contributed by atoms with Crippen LogP contribution < -0.4 is 0 Å². The standard InChI is InChI=1S/C25H30N2O3/c1-18(2)23(29)26-14-21-15-27(24(30)20-9-6-10-22(28)13-20)17-25(21,16-26)12-11-19-7-4-3-5-8-19/h3-10,13,18,21,28H,11-12,14-17H2,1-2H3/t21-,25+/m1/s1. The van der Waals surface area contributed by atoms with Crippen LogP contribution in [0, 0.1) is 17.3 Å². The number of phenols is 1. The minimum absolute atomic E-state index is 0.0139. The highest BCUT2D eigenvalue weighted by Gasteiger charge is 2.54. The molecule has 2 aliphatic rings. The van der Waals surface area contributed by atoms with Gasteiger partial charge in [-0.3, -0.25) is 9.59 Å². The van der Waals surface area contributed by atoms with Gasteiger partial charge in [0.15, 0.2) is 0 Å². The normalized spacial score (nSPS) is 23.1. The molecular weight excluding hydrogens is 376 g/mol. The zero-order valence-electron chi connectivity index (χ0n) is 17.8. The van der Waals surface area contributed by atoms with Gasteiger partial charge in [0.05, 0.1) is 0 Å². The third-order valence-corrected chi connectivity index (χ3v) is 6.70. The van der Waals surface area contributed by atoms with Crippen molar-refractivity contribution in [1.82, 2.24) is 9.80 Å².